The van der Waals surface area contributed by atoms with Gasteiger partial charge in [-0.25, -0.2) is 9.49 Å². The molecule has 1 heterocycles. The molecule has 0 bridgehead atoms. The first-order chi connectivity index (χ1) is 11.8. The predicted molar refractivity (Wildman–Crippen MR) is 81.9 cm³/mol. The molecule has 0 radical (unpaired) electrons. The van der Waals surface area contributed by atoms with E-state index in [1.807, 2.05) is 6.07 Å². The maximum atomic E-state index is 13.6. The zero-order valence-corrected chi connectivity index (χ0v) is 13.0. The van der Waals surface area contributed by atoms with Crippen LogP contribution in [0.15, 0.2) is 36.4 Å². The number of alkyl halides is 3. The number of nitrogens with one attached hydrogen (secondary N) is 1. The van der Waals surface area contributed by atoms with Crippen LogP contribution in [0.1, 0.15) is 11.3 Å². The molecule has 0 aliphatic carbocycles. The van der Waals surface area contributed by atoms with Crippen LogP contribution in [-0.2, 0) is 6.18 Å². The number of rotatable bonds is 2. The molecule has 9 heteroatoms. The number of aromatic amines is 1. The van der Waals surface area contributed by atoms with E-state index in [0.717, 1.165) is 12.1 Å². The predicted octanol–water partition coefficient (Wildman–Crippen LogP) is 4.82. The zero-order valence-electron chi connectivity index (χ0n) is 12.2. The minimum absolute atomic E-state index is 0.00178. The third-order valence-corrected chi connectivity index (χ3v) is 3.61. The number of nitrogens with zero attached hydrogens (tertiary/aromatic N) is 3. The molecule has 0 aliphatic rings. The molecule has 0 amide bonds. The lowest BCUT2D eigenvalue weighted by Crippen LogP contribution is -2.05. The highest BCUT2D eigenvalue weighted by molar-refractivity contribution is 6.31. The van der Waals surface area contributed by atoms with Gasteiger partial charge in [-0.05, 0) is 47.5 Å². The Hall–Kier alpha value is -2.92. The van der Waals surface area contributed by atoms with Gasteiger partial charge in [0.25, 0.3) is 0 Å². The fourth-order valence-electron chi connectivity index (χ4n) is 2.32. The fraction of sp³-hybridized carbons (Fsp3) is 0.0625. The molecule has 126 valence electrons. The zero-order chi connectivity index (χ0) is 18.2. The van der Waals surface area contributed by atoms with Gasteiger partial charge in [0.15, 0.2) is 5.69 Å². The van der Waals surface area contributed by atoms with Gasteiger partial charge in [-0.2, -0.15) is 18.4 Å². The molecule has 0 saturated carbocycles. The number of halogens is 5. The molecule has 1 aromatic heterocycles. The number of hydrogen-bond acceptors (Lipinski definition) is 3. The SMILES string of the molecule is N#Cc1[nH]nnc1-c1cc(Cl)cc(-c2cc(F)cc(C(F)(F)F)c2)c1. The Labute approximate surface area is 143 Å². The van der Waals surface area contributed by atoms with Crippen LogP contribution in [0, 0.1) is 17.1 Å². The molecule has 0 saturated heterocycles. The number of H-pyrrole nitrogens is 1. The lowest BCUT2D eigenvalue weighted by atomic mass is 9.99. The van der Waals surface area contributed by atoms with Gasteiger partial charge in [-0.15, -0.1) is 5.10 Å². The first kappa shape index (κ1) is 16.9. The summed E-state index contributed by atoms with van der Waals surface area (Å²) in [5, 5.41) is 18.9. The summed E-state index contributed by atoms with van der Waals surface area (Å²) < 4.78 is 52.3. The second kappa shape index (κ2) is 6.18. The summed E-state index contributed by atoms with van der Waals surface area (Å²) in [6.07, 6.45) is -4.68. The highest BCUT2D eigenvalue weighted by atomic mass is 35.5. The number of aromatic nitrogens is 3. The first-order valence-corrected chi connectivity index (χ1v) is 7.16. The van der Waals surface area contributed by atoms with Gasteiger partial charge in [-0.1, -0.05) is 16.8 Å². The Balaban J connectivity index is 2.17. The highest BCUT2D eigenvalue weighted by Gasteiger charge is 2.31. The summed E-state index contributed by atoms with van der Waals surface area (Å²) >= 11 is 6.02. The Bertz CT molecular complexity index is 989. The van der Waals surface area contributed by atoms with Crippen LogP contribution in [0.4, 0.5) is 17.6 Å². The van der Waals surface area contributed by atoms with Crippen molar-refractivity contribution in [3.05, 3.63) is 58.5 Å². The molecule has 0 fully saturated rings. The third kappa shape index (κ3) is 3.46. The van der Waals surface area contributed by atoms with E-state index in [1.165, 1.54) is 18.2 Å². The molecule has 0 atom stereocenters. The Morgan fingerprint density at radius 2 is 1.68 bits per heavy atom. The van der Waals surface area contributed by atoms with E-state index < -0.39 is 17.6 Å². The average Bonchev–Trinajstić information content (AvgIpc) is 3.01. The topological polar surface area (TPSA) is 65.4 Å². The molecular formula is C16H7ClF4N4. The van der Waals surface area contributed by atoms with Gasteiger partial charge in [0, 0.05) is 10.6 Å². The summed E-state index contributed by atoms with van der Waals surface area (Å²) in [7, 11) is 0. The summed E-state index contributed by atoms with van der Waals surface area (Å²) in [4.78, 5) is 0. The Morgan fingerprint density at radius 1 is 1.00 bits per heavy atom. The molecular weight excluding hydrogens is 360 g/mol. The van der Waals surface area contributed by atoms with E-state index >= 15 is 0 Å². The van der Waals surface area contributed by atoms with Crippen molar-refractivity contribution in [2.75, 3.05) is 0 Å². The van der Waals surface area contributed by atoms with Crippen LogP contribution >= 0.6 is 11.6 Å². The van der Waals surface area contributed by atoms with Crippen molar-refractivity contribution >= 4 is 11.6 Å². The third-order valence-electron chi connectivity index (χ3n) is 3.39. The summed E-state index contributed by atoms with van der Waals surface area (Å²) in [5.41, 5.74) is -0.228. The van der Waals surface area contributed by atoms with E-state index in [9.17, 15) is 17.6 Å². The van der Waals surface area contributed by atoms with Crippen molar-refractivity contribution in [1.82, 2.24) is 15.4 Å². The quantitative estimate of drug-likeness (QED) is 0.661. The summed E-state index contributed by atoms with van der Waals surface area (Å²) in [5.74, 6) is -1.02. The van der Waals surface area contributed by atoms with Crippen LogP contribution in [0.5, 0.6) is 0 Å². The van der Waals surface area contributed by atoms with Crippen LogP contribution in [0.2, 0.25) is 5.02 Å². The van der Waals surface area contributed by atoms with Crippen LogP contribution in [0.3, 0.4) is 0 Å². The summed E-state index contributed by atoms with van der Waals surface area (Å²) in [6.45, 7) is 0. The minimum atomic E-state index is -4.68. The van der Waals surface area contributed by atoms with Crippen molar-refractivity contribution in [3.63, 3.8) is 0 Å². The normalized spacial score (nSPS) is 11.4. The number of benzene rings is 2. The largest absolute Gasteiger partial charge is 0.416 e. The van der Waals surface area contributed by atoms with Gasteiger partial charge in [0.2, 0.25) is 0 Å². The second-order valence-electron chi connectivity index (χ2n) is 5.10. The van der Waals surface area contributed by atoms with Gasteiger partial charge >= 0.3 is 6.18 Å². The lowest BCUT2D eigenvalue weighted by Gasteiger charge is -2.11. The molecule has 4 nitrogen and oxygen atoms in total. The van der Waals surface area contributed by atoms with Crippen molar-refractivity contribution in [2.24, 2.45) is 0 Å². The lowest BCUT2D eigenvalue weighted by molar-refractivity contribution is -0.137. The standard InChI is InChI=1S/C16H7ClF4N4/c17-12-3-8(1-10(4-12)15-14(7-22)23-25-24-15)9-2-11(16(19,20)21)6-13(18)5-9/h1-6H,(H,23,24,25). The second-order valence-corrected chi connectivity index (χ2v) is 5.54. The molecule has 0 spiro atoms. The van der Waals surface area contributed by atoms with Crippen molar-refractivity contribution in [1.29, 1.82) is 5.26 Å². The van der Waals surface area contributed by atoms with Gasteiger partial charge in [0.1, 0.15) is 17.6 Å². The monoisotopic (exact) mass is 366 g/mol. The van der Waals surface area contributed by atoms with Gasteiger partial charge in [-0.3, -0.25) is 0 Å². The molecule has 0 unspecified atom stereocenters. The van der Waals surface area contributed by atoms with Gasteiger partial charge in [0.05, 0.1) is 5.56 Å². The van der Waals surface area contributed by atoms with E-state index in [1.54, 1.807) is 0 Å². The first-order valence-electron chi connectivity index (χ1n) is 6.78. The minimum Gasteiger partial charge on any atom is -0.247 e. The Kier molecular flexibility index (Phi) is 4.18. The Morgan fingerprint density at radius 3 is 2.36 bits per heavy atom. The molecule has 2 aromatic carbocycles. The smallest absolute Gasteiger partial charge is 0.247 e. The van der Waals surface area contributed by atoms with E-state index in [4.69, 9.17) is 16.9 Å². The molecule has 0 aliphatic heterocycles. The number of hydrogen-bond donors (Lipinski definition) is 1. The fourth-order valence-corrected chi connectivity index (χ4v) is 2.56. The van der Waals surface area contributed by atoms with Gasteiger partial charge < -0.3 is 0 Å². The van der Waals surface area contributed by atoms with Crippen LogP contribution in [-0.4, -0.2) is 15.4 Å². The van der Waals surface area contributed by atoms with E-state index in [0.29, 0.717) is 11.6 Å². The van der Waals surface area contributed by atoms with Crippen molar-refractivity contribution < 1.29 is 17.6 Å². The molecule has 1 N–H and O–H groups in total. The van der Waals surface area contributed by atoms with Crippen LogP contribution in [0.25, 0.3) is 22.4 Å². The molecule has 3 rings (SSSR count). The van der Waals surface area contributed by atoms with Crippen LogP contribution < -0.4 is 0 Å². The van der Waals surface area contributed by atoms with Crippen molar-refractivity contribution in [3.8, 4) is 28.5 Å². The van der Waals surface area contributed by atoms with E-state index in [2.05, 4.69) is 15.4 Å². The maximum absolute atomic E-state index is 13.6. The molecule has 25 heavy (non-hydrogen) atoms. The highest BCUT2D eigenvalue weighted by Crippen LogP contribution is 2.35. The maximum Gasteiger partial charge on any atom is 0.416 e. The van der Waals surface area contributed by atoms with Crippen molar-refractivity contribution in [2.45, 2.75) is 6.18 Å². The summed E-state index contributed by atoms with van der Waals surface area (Å²) in [6, 6.07) is 8.41. The molecule has 3 aromatic rings. The number of nitriles is 1. The average molecular weight is 367 g/mol. The van der Waals surface area contributed by atoms with E-state index in [-0.39, 0.29) is 27.5 Å².